The molecule has 0 radical (unpaired) electrons. The van der Waals surface area contributed by atoms with Gasteiger partial charge in [0.05, 0.1) is 0 Å². The average molecular weight is 465 g/mol. The normalized spacial score (nSPS) is 13.8. The summed E-state index contributed by atoms with van der Waals surface area (Å²) in [6.45, 7) is 2.85. The Morgan fingerprint density at radius 2 is 1.93 bits per heavy atom. The van der Waals surface area contributed by atoms with Crippen molar-refractivity contribution in [2.75, 3.05) is 5.32 Å². The van der Waals surface area contributed by atoms with Crippen molar-refractivity contribution in [2.45, 2.75) is 39.2 Å². The second-order valence-corrected chi connectivity index (χ2v) is 8.55. The van der Waals surface area contributed by atoms with Crippen molar-refractivity contribution in [3.63, 3.8) is 0 Å². The highest BCUT2D eigenvalue weighted by atomic mass is 79.9. The molecule has 0 atom stereocenters. The molecule has 4 aromatic rings. The minimum atomic E-state index is -0.260. The molecule has 1 amide bonds. The summed E-state index contributed by atoms with van der Waals surface area (Å²) in [5, 5.41) is 12.6. The molecule has 0 fully saturated rings. The lowest BCUT2D eigenvalue weighted by molar-refractivity contribution is 0.0998. The van der Waals surface area contributed by atoms with Crippen LogP contribution in [0.15, 0.2) is 51.4 Å². The van der Waals surface area contributed by atoms with Crippen LogP contribution in [0, 0.1) is 6.92 Å². The van der Waals surface area contributed by atoms with Gasteiger partial charge >= 0.3 is 0 Å². The van der Waals surface area contributed by atoms with E-state index in [0.29, 0.717) is 17.0 Å². The number of nitrogens with one attached hydrogen (secondary N) is 1. The summed E-state index contributed by atoms with van der Waals surface area (Å²) in [7, 11) is 0. The van der Waals surface area contributed by atoms with E-state index in [-0.39, 0.29) is 5.91 Å². The Morgan fingerprint density at radius 1 is 1.10 bits per heavy atom. The summed E-state index contributed by atoms with van der Waals surface area (Å²) in [5.41, 5.74) is 3.23. The number of amides is 1. The van der Waals surface area contributed by atoms with Crippen molar-refractivity contribution in [2.24, 2.45) is 0 Å². The number of hydrogen-bond acceptors (Lipinski definition) is 4. The SMILES string of the molecule is Cc1c(C(=O)Nc2ccc(-c3nnc4n3CCCCC4)cc2)oc2ccc(Br)cc12. The summed E-state index contributed by atoms with van der Waals surface area (Å²) in [6, 6.07) is 13.4. The number of aromatic nitrogens is 3. The first-order valence-electron chi connectivity index (χ1n) is 10.1. The molecule has 0 saturated carbocycles. The quantitative estimate of drug-likeness (QED) is 0.419. The number of hydrogen-bond donors (Lipinski definition) is 1. The molecule has 1 N–H and O–H groups in total. The van der Waals surface area contributed by atoms with Crippen LogP contribution in [0.25, 0.3) is 22.4 Å². The maximum Gasteiger partial charge on any atom is 0.291 e. The molecule has 30 heavy (non-hydrogen) atoms. The number of anilines is 1. The molecule has 3 heterocycles. The Balaban J connectivity index is 1.37. The van der Waals surface area contributed by atoms with Gasteiger partial charge in [0.1, 0.15) is 11.4 Å². The predicted octanol–water partition coefficient (Wildman–Crippen LogP) is 5.74. The van der Waals surface area contributed by atoms with Gasteiger partial charge in [0.2, 0.25) is 0 Å². The minimum absolute atomic E-state index is 0.260. The van der Waals surface area contributed by atoms with Gasteiger partial charge in [0.15, 0.2) is 11.6 Å². The predicted molar refractivity (Wildman–Crippen MR) is 120 cm³/mol. The fourth-order valence-electron chi connectivity index (χ4n) is 4.00. The highest BCUT2D eigenvalue weighted by Gasteiger charge is 2.19. The Morgan fingerprint density at radius 3 is 2.77 bits per heavy atom. The van der Waals surface area contributed by atoms with Crippen molar-refractivity contribution in [3.8, 4) is 11.4 Å². The highest BCUT2D eigenvalue weighted by Crippen LogP contribution is 2.29. The molecule has 7 heteroatoms. The number of nitrogens with zero attached hydrogens (tertiary/aromatic N) is 3. The lowest BCUT2D eigenvalue weighted by atomic mass is 10.1. The van der Waals surface area contributed by atoms with Crippen molar-refractivity contribution in [1.29, 1.82) is 0 Å². The smallest absolute Gasteiger partial charge is 0.291 e. The van der Waals surface area contributed by atoms with Crippen LogP contribution in [-0.2, 0) is 13.0 Å². The van der Waals surface area contributed by atoms with E-state index < -0.39 is 0 Å². The van der Waals surface area contributed by atoms with Crippen LogP contribution < -0.4 is 5.32 Å². The highest BCUT2D eigenvalue weighted by molar-refractivity contribution is 9.10. The van der Waals surface area contributed by atoms with Crippen molar-refractivity contribution in [3.05, 3.63) is 64.1 Å². The van der Waals surface area contributed by atoms with Crippen LogP contribution in [0.4, 0.5) is 5.69 Å². The summed E-state index contributed by atoms with van der Waals surface area (Å²) in [5.74, 6) is 2.02. The zero-order chi connectivity index (χ0) is 20.7. The number of carbonyl (C=O) groups is 1. The van der Waals surface area contributed by atoms with Gasteiger partial charge in [0, 0.05) is 39.6 Å². The molecular formula is C23H21BrN4O2. The van der Waals surface area contributed by atoms with Crippen LogP contribution in [0.3, 0.4) is 0 Å². The van der Waals surface area contributed by atoms with E-state index in [1.165, 1.54) is 12.8 Å². The van der Waals surface area contributed by atoms with E-state index in [9.17, 15) is 4.79 Å². The van der Waals surface area contributed by atoms with Crippen molar-refractivity contribution >= 4 is 38.5 Å². The lowest BCUT2D eigenvalue weighted by Crippen LogP contribution is -2.12. The summed E-state index contributed by atoms with van der Waals surface area (Å²) in [6.07, 6.45) is 4.53. The zero-order valence-corrected chi connectivity index (χ0v) is 18.2. The van der Waals surface area contributed by atoms with E-state index in [0.717, 1.165) is 52.0 Å². The largest absolute Gasteiger partial charge is 0.451 e. The van der Waals surface area contributed by atoms with Crippen LogP contribution >= 0.6 is 15.9 Å². The van der Waals surface area contributed by atoms with Gasteiger partial charge in [-0.3, -0.25) is 4.79 Å². The first kappa shape index (κ1) is 19.1. The van der Waals surface area contributed by atoms with Crippen molar-refractivity contribution < 1.29 is 9.21 Å². The molecule has 2 aromatic heterocycles. The second-order valence-electron chi connectivity index (χ2n) is 7.63. The molecule has 0 bridgehead atoms. The first-order chi connectivity index (χ1) is 14.6. The van der Waals surface area contributed by atoms with Gasteiger partial charge in [-0.25, -0.2) is 0 Å². The Hall–Kier alpha value is -2.93. The topological polar surface area (TPSA) is 73.0 Å². The molecule has 0 saturated heterocycles. The molecule has 1 aliphatic rings. The Labute approximate surface area is 182 Å². The molecule has 0 aliphatic carbocycles. The number of halogens is 1. The van der Waals surface area contributed by atoms with Gasteiger partial charge in [-0.05, 0) is 62.2 Å². The second kappa shape index (κ2) is 7.72. The van der Waals surface area contributed by atoms with Gasteiger partial charge < -0.3 is 14.3 Å². The summed E-state index contributed by atoms with van der Waals surface area (Å²) >= 11 is 3.46. The van der Waals surface area contributed by atoms with Crippen LogP contribution in [-0.4, -0.2) is 20.7 Å². The molecule has 0 spiro atoms. The van der Waals surface area contributed by atoms with Gasteiger partial charge in [-0.2, -0.15) is 0 Å². The average Bonchev–Trinajstić information content (AvgIpc) is 3.20. The molecular weight excluding hydrogens is 444 g/mol. The zero-order valence-electron chi connectivity index (χ0n) is 16.6. The lowest BCUT2D eigenvalue weighted by Gasteiger charge is -2.08. The molecule has 5 rings (SSSR count). The third-order valence-corrected chi connectivity index (χ3v) is 6.11. The van der Waals surface area contributed by atoms with E-state index in [2.05, 4.69) is 36.0 Å². The molecule has 2 aromatic carbocycles. The number of rotatable bonds is 3. The molecule has 1 aliphatic heterocycles. The Kier molecular flexibility index (Phi) is 4.90. The van der Waals surface area contributed by atoms with E-state index in [1.54, 1.807) is 0 Å². The fourth-order valence-corrected chi connectivity index (χ4v) is 4.36. The molecule has 6 nitrogen and oxygen atoms in total. The monoisotopic (exact) mass is 464 g/mol. The Bertz CT molecular complexity index is 1240. The maximum absolute atomic E-state index is 12.8. The standard InChI is InChI=1S/C23H21BrN4O2/c1-14-18-13-16(24)8-11-19(18)30-21(14)23(29)25-17-9-6-15(7-10-17)22-27-26-20-5-3-2-4-12-28(20)22/h6-11,13H,2-5,12H2,1H3,(H,25,29). The number of carbonyl (C=O) groups excluding carboxylic acids is 1. The minimum Gasteiger partial charge on any atom is -0.451 e. The molecule has 0 unspecified atom stereocenters. The van der Waals surface area contributed by atoms with Gasteiger partial charge in [-0.1, -0.05) is 22.4 Å². The van der Waals surface area contributed by atoms with E-state index in [1.807, 2.05) is 49.4 Å². The third kappa shape index (κ3) is 3.43. The number of furan rings is 1. The third-order valence-electron chi connectivity index (χ3n) is 5.61. The number of fused-ring (bicyclic) bond motifs is 2. The number of benzene rings is 2. The van der Waals surface area contributed by atoms with Gasteiger partial charge in [0.25, 0.3) is 5.91 Å². The number of aryl methyl sites for hydroxylation is 2. The van der Waals surface area contributed by atoms with Gasteiger partial charge in [-0.15, -0.1) is 10.2 Å². The first-order valence-corrected chi connectivity index (χ1v) is 10.9. The molecule has 152 valence electrons. The van der Waals surface area contributed by atoms with Crippen LogP contribution in [0.1, 0.15) is 41.2 Å². The summed E-state index contributed by atoms with van der Waals surface area (Å²) in [4.78, 5) is 12.8. The van der Waals surface area contributed by atoms with Crippen LogP contribution in [0.2, 0.25) is 0 Å². The van der Waals surface area contributed by atoms with E-state index in [4.69, 9.17) is 4.42 Å². The van der Waals surface area contributed by atoms with Crippen LogP contribution in [0.5, 0.6) is 0 Å². The fraction of sp³-hybridized carbons (Fsp3) is 0.261. The maximum atomic E-state index is 12.8. The summed E-state index contributed by atoms with van der Waals surface area (Å²) < 4.78 is 8.96. The van der Waals surface area contributed by atoms with Crippen molar-refractivity contribution in [1.82, 2.24) is 14.8 Å². The van der Waals surface area contributed by atoms with E-state index >= 15 is 0 Å².